The van der Waals surface area contributed by atoms with Crippen molar-refractivity contribution >= 4 is 5.97 Å². The molecule has 3 heteroatoms. The van der Waals surface area contributed by atoms with Gasteiger partial charge in [-0.05, 0) is 49.3 Å². The minimum Gasteiger partial charge on any atom is -0.497 e. The Labute approximate surface area is 108 Å². The molecule has 0 unspecified atom stereocenters. The van der Waals surface area contributed by atoms with E-state index in [4.69, 9.17) is 9.47 Å². The molecule has 3 nitrogen and oxygen atoms in total. The Bertz CT molecular complexity index is 397. The lowest BCUT2D eigenvalue weighted by atomic mass is 9.96. The zero-order valence-corrected chi connectivity index (χ0v) is 11.0. The molecule has 1 aromatic carbocycles. The molecule has 0 aliphatic heterocycles. The molecule has 1 aromatic rings. The summed E-state index contributed by atoms with van der Waals surface area (Å²) in [6.07, 6.45) is 4.37. The van der Waals surface area contributed by atoms with Crippen molar-refractivity contribution < 1.29 is 14.3 Å². The number of ether oxygens (including phenoxy) is 2. The number of rotatable bonds is 4. The molecule has 1 fully saturated rings. The highest BCUT2D eigenvalue weighted by Gasteiger charge is 2.29. The molecular weight excluding hydrogens is 228 g/mol. The van der Waals surface area contributed by atoms with Crippen molar-refractivity contribution in [2.75, 3.05) is 7.11 Å². The van der Waals surface area contributed by atoms with Gasteiger partial charge >= 0.3 is 5.97 Å². The molecule has 0 saturated heterocycles. The normalized spacial score (nSPS) is 22.8. The third kappa shape index (κ3) is 3.25. The quantitative estimate of drug-likeness (QED) is 0.768. The lowest BCUT2D eigenvalue weighted by molar-refractivity contribution is -0.147. The van der Waals surface area contributed by atoms with Crippen LogP contribution < -0.4 is 4.74 Å². The molecule has 98 valence electrons. The van der Waals surface area contributed by atoms with Crippen molar-refractivity contribution in [3.63, 3.8) is 0 Å². The van der Waals surface area contributed by atoms with Gasteiger partial charge in [0.15, 0.2) is 0 Å². The minimum absolute atomic E-state index is 0.101. The van der Waals surface area contributed by atoms with Crippen LogP contribution in [0.3, 0.4) is 0 Å². The van der Waals surface area contributed by atoms with Gasteiger partial charge < -0.3 is 9.47 Å². The Balaban J connectivity index is 1.96. The highest BCUT2D eigenvalue weighted by Crippen LogP contribution is 2.31. The second-order valence-corrected chi connectivity index (χ2v) is 4.89. The van der Waals surface area contributed by atoms with Crippen LogP contribution in [0.5, 0.6) is 5.75 Å². The smallest absolute Gasteiger partial charge is 0.302 e. The summed E-state index contributed by atoms with van der Waals surface area (Å²) < 4.78 is 10.5. The second-order valence-electron chi connectivity index (χ2n) is 4.89. The lowest BCUT2D eigenvalue weighted by Gasteiger charge is -2.19. The standard InChI is InChI=1S/C15H20O3/c1-11(16)18-15-5-3-4-13(15)10-12-6-8-14(17-2)9-7-12/h6-9,13,15H,3-5,10H2,1-2H3/t13-,15-/m1/s1. The van der Waals surface area contributed by atoms with Gasteiger partial charge in [0.1, 0.15) is 11.9 Å². The summed E-state index contributed by atoms with van der Waals surface area (Å²) in [7, 11) is 1.67. The molecule has 18 heavy (non-hydrogen) atoms. The molecule has 1 aliphatic carbocycles. The highest BCUT2D eigenvalue weighted by atomic mass is 16.5. The molecule has 1 aliphatic rings. The van der Waals surface area contributed by atoms with Crippen LogP contribution in [0.2, 0.25) is 0 Å². The monoisotopic (exact) mass is 248 g/mol. The molecule has 0 heterocycles. The Hall–Kier alpha value is -1.51. The van der Waals surface area contributed by atoms with Gasteiger partial charge in [-0.15, -0.1) is 0 Å². The zero-order chi connectivity index (χ0) is 13.0. The minimum atomic E-state index is -0.165. The van der Waals surface area contributed by atoms with Crippen LogP contribution in [0, 0.1) is 5.92 Å². The van der Waals surface area contributed by atoms with E-state index in [0.29, 0.717) is 5.92 Å². The van der Waals surface area contributed by atoms with E-state index >= 15 is 0 Å². The molecule has 0 radical (unpaired) electrons. The van der Waals surface area contributed by atoms with Gasteiger partial charge in [0.2, 0.25) is 0 Å². The number of benzene rings is 1. The van der Waals surface area contributed by atoms with Gasteiger partial charge in [0.25, 0.3) is 0 Å². The van der Waals surface area contributed by atoms with Crippen molar-refractivity contribution in [2.45, 2.75) is 38.7 Å². The molecule has 0 bridgehead atoms. The van der Waals surface area contributed by atoms with Crippen LogP contribution in [0.15, 0.2) is 24.3 Å². The van der Waals surface area contributed by atoms with Crippen molar-refractivity contribution in [1.82, 2.24) is 0 Å². The number of methoxy groups -OCH3 is 1. The summed E-state index contributed by atoms with van der Waals surface area (Å²) in [4.78, 5) is 11.0. The van der Waals surface area contributed by atoms with E-state index in [1.165, 1.54) is 12.5 Å². The fraction of sp³-hybridized carbons (Fsp3) is 0.533. The summed E-state index contributed by atoms with van der Waals surface area (Å²) in [5.74, 6) is 1.17. The first-order chi connectivity index (χ1) is 8.69. The van der Waals surface area contributed by atoms with Crippen LogP contribution in [-0.2, 0) is 16.0 Å². The third-order valence-corrected chi connectivity index (χ3v) is 3.56. The van der Waals surface area contributed by atoms with Crippen LogP contribution in [-0.4, -0.2) is 19.2 Å². The molecule has 2 rings (SSSR count). The average molecular weight is 248 g/mol. The largest absolute Gasteiger partial charge is 0.497 e. The van der Waals surface area contributed by atoms with Crippen molar-refractivity contribution in [2.24, 2.45) is 5.92 Å². The first-order valence-corrected chi connectivity index (χ1v) is 6.49. The van der Waals surface area contributed by atoms with E-state index in [-0.39, 0.29) is 12.1 Å². The van der Waals surface area contributed by atoms with Crippen molar-refractivity contribution in [1.29, 1.82) is 0 Å². The van der Waals surface area contributed by atoms with Crippen LogP contribution in [0.1, 0.15) is 31.7 Å². The Kier molecular flexibility index (Phi) is 4.24. The van der Waals surface area contributed by atoms with Gasteiger partial charge in [-0.25, -0.2) is 0 Å². The lowest BCUT2D eigenvalue weighted by Crippen LogP contribution is -2.22. The maximum Gasteiger partial charge on any atom is 0.302 e. The Morgan fingerprint density at radius 2 is 2.00 bits per heavy atom. The van der Waals surface area contributed by atoms with Gasteiger partial charge in [-0.2, -0.15) is 0 Å². The van der Waals surface area contributed by atoms with E-state index in [2.05, 4.69) is 12.1 Å². The number of hydrogen-bond acceptors (Lipinski definition) is 3. The average Bonchev–Trinajstić information content (AvgIpc) is 2.77. The number of carbonyl (C=O) groups excluding carboxylic acids is 1. The summed E-state index contributed by atoms with van der Waals surface area (Å²) in [6, 6.07) is 8.13. The van der Waals surface area contributed by atoms with E-state index < -0.39 is 0 Å². The fourth-order valence-corrected chi connectivity index (χ4v) is 2.67. The van der Waals surface area contributed by atoms with E-state index in [1.807, 2.05) is 12.1 Å². The SMILES string of the molecule is COc1ccc(C[C@H]2CCC[C@H]2OC(C)=O)cc1. The van der Waals surface area contributed by atoms with Crippen molar-refractivity contribution in [3.8, 4) is 5.75 Å². The number of carbonyl (C=O) groups is 1. The Morgan fingerprint density at radius 3 is 2.61 bits per heavy atom. The molecule has 0 aromatic heterocycles. The number of esters is 1. The highest BCUT2D eigenvalue weighted by molar-refractivity contribution is 5.66. The second kappa shape index (κ2) is 5.89. The van der Waals surface area contributed by atoms with Gasteiger partial charge in [-0.1, -0.05) is 12.1 Å². The van der Waals surface area contributed by atoms with Crippen LogP contribution >= 0.6 is 0 Å². The van der Waals surface area contributed by atoms with Crippen LogP contribution in [0.25, 0.3) is 0 Å². The van der Waals surface area contributed by atoms with Gasteiger partial charge in [0.05, 0.1) is 7.11 Å². The van der Waals surface area contributed by atoms with E-state index in [0.717, 1.165) is 31.4 Å². The van der Waals surface area contributed by atoms with E-state index in [9.17, 15) is 4.79 Å². The summed E-state index contributed by atoms with van der Waals surface area (Å²) in [5.41, 5.74) is 1.28. The topological polar surface area (TPSA) is 35.5 Å². The van der Waals surface area contributed by atoms with E-state index in [1.54, 1.807) is 7.11 Å². The molecule has 1 saturated carbocycles. The van der Waals surface area contributed by atoms with Gasteiger partial charge in [0, 0.05) is 6.92 Å². The Morgan fingerprint density at radius 1 is 1.28 bits per heavy atom. The summed E-state index contributed by atoms with van der Waals surface area (Å²) in [5, 5.41) is 0. The number of hydrogen-bond donors (Lipinski definition) is 0. The van der Waals surface area contributed by atoms with Crippen LogP contribution in [0.4, 0.5) is 0 Å². The third-order valence-electron chi connectivity index (χ3n) is 3.56. The first-order valence-electron chi connectivity index (χ1n) is 6.49. The summed E-state index contributed by atoms with van der Waals surface area (Å²) >= 11 is 0. The molecular formula is C15H20O3. The van der Waals surface area contributed by atoms with Crippen molar-refractivity contribution in [3.05, 3.63) is 29.8 Å². The fourth-order valence-electron chi connectivity index (χ4n) is 2.67. The first kappa shape index (κ1) is 12.9. The van der Waals surface area contributed by atoms with Gasteiger partial charge in [-0.3, -0.25) is 4.79 Å². The predicted octanol–water partition coefficient (Wildman–Crippen LogP) is 2.97. The predicted molar refractivity (Wildman–Crippen MR) is 69.6 cm³/mol. The molecule has 0 spiro atoms. The molecule has 0 N–H and O–H groups in total. The zero-order valence-electron chi connectivity index (χ0n) is 11.0. The summed E-state index contributed by atoms with van der Waals surface area (Å²) in [6.45, 7) is 1.49. The maximum atomic E-state index is 11.0. The molecule has 2 atom stereocenters. The molecule has 0 amide bonds. The maximum absolute atomic E-state index is 11.0.